The van der Waals surface area contributed by atoms with Crippen LogP contribution in [0.4, 0.5) is 0 Å². The molecule has 0 aliphatic carbocycles. The summed E-state index contributed by atoms with van der Waals surface area (Å²) in [5.41, 5.74) is 2.12. The molecule has 0 saturated carbocycles. The number of aryl methyl sites for hydroxylation is 1. The van der Waals surface area contributed by atoms with Crippen molar-refractivity contribution < 1.29 is 15.0 Å². The number of phenols is 1. The van der Waals surface area contributed by atoms with Gasteiger partial charge in [0, 0.05) is 5.56 Å². The van der Waals surface area contributed by atoms with Crippen molar-refractivity contribution in [2.45, 2.75) is 6.92 Å². The number of fused-ring (bicyclic) bond motifs is 1. The maximum Gasteiger partial charge on any atom is 0.338 e. The normalized spacial score (nSPS) is 10.8. The Hall–Kier alpha value is -2.89. The zero-order chi connectivity index (χ0) is 14.3. The molecular formula is C14H11N3O3. The molecule has 3 rings (SSSR count). The molecule has 0 unspecified atom stereocenters. The fourth-order valence-electron chi connectivity index (χ4n) is 2.05. The summed E-state index contributed by atoms with van der Waals surface area (Å²) in [5.74, 6) is -0.289. The number of imidazole rings is 1. The van der Waals surface area contributed by atoms with Crippen molar-refractivity contribution in [1.82, 2.24) is 15.0 Å². The molecule has 0 saturated heterocycles. The van der Waals surface area contributed by atoms with Gasteiger partial charge in [-0.25, -0.2) is 14.8 Å². The molecule has 1 aromatic carbocycles. The van der Waals surface area contributed by atoms with E-state index in [1.807, 2.05) is 0 Å². The van der Waals surface area contributed by atoms with Crippen LogP contribution < -0.4 is 0 Å². The van der Waals surface area contributed by atoms with Crippen LogP contribution in [0.15, 0.2) is 30.3 Å². The monoisotopic (exact) mass is 269 g/mol. The van der Waals surface area contributed by atoms with E-state index in [0.717, 1.165) is 0 Å². The minimum Gasteiger partial charge on any atom is -0.508 e. The molecule has 0 spiro atoms. The molecule has 0 aliphatic rings. The number of carboxylic acids is 1. The Kier molecular flexibility index (Phi) is 2.64. The predicted molar refractivity (Wildman–Crippen MR) is 72.7 cm³/mol. The largest absolute Gasteiger partial charge is 0.508 e. The first-order valence-corrected chi connectivity index (χ1v) is 5.94. The second-order valence-corrected chi connectivity index (χ2v) is 4.43. The Labute approximate surface area is 113 Å². The summed E-state index contributed by atoms with van der Waals surface area (Å²) in [4.78, 5) is 22.8. The van der Waals surface area contributed by atoms with E-state index in [9.17, 15) is 15.0 Å². The zero-order valence-electron chi connectivity index (χ0n) is 10.6. The molecule has 0 fully saturated rings. The highest BCUT2D eigenvalue weighted by Gasteiger charge is 2.15. The summed E-state index contributed by atoms with van der Waals surface area (Å²) in [5, 5.41) is 18.6. The molecule has 100 valence electrons. The molecule has 0 atom stereocenters. The van der Waals surface area contributed by atoms with Gasteiger partial charge in [-0.1, -0.05) is 0 Å². The summed E-state index contributed by atoms with van der Waals surface area (Å²) in [6.45, 7) is 1.74. The molecule has 2 aromatic heterocycles. The average molecular weight is 269 g/mol. The van der Waals surface area contributed by atoms with E-state index in [-0.39, 0.29) is 11.3 Å². The van der Waals surface area contributed by atoms with Gasteiger partial charge in [-0.15, -0.1) is 0 Å². The second kappa shape index (κ2) is 4.34. The number of aromatic nitrogens is 3. The van der Waals surface area contributed by atoms with Crippen LogP contribution in [-0.4, -0.2) is 31.1 Å². The van der Waals surface area contributed by atoms with Gasteiger partial charge in [0.25, 0.3) is 0 Å². The van der Waals surface area contributed by atoms with Crippen LogP contribution in [0, 0.1) is 6.92 Å². The molecule has 20 heavy (non-hydrogen) atoms. The van der Waals surface area contributed by atoms with Crippen LogP contribution in [0.3, 0.4) is 0 Å². The number of nitrogens with one attached hydrogen (secondary N) is 1. The maximum absolute atomic E-state index is 11.3. The Bertz CT molecular complexity index is 806. The van der Waals surface area contributed by atoms with E-state index < -0.39 is 5.97 Å². The number of H-pyrrole nitrogens is 1. The van der Waals surface area contributed by atoms with Crippen LogP contribution in [0.25, 0.3) is 22.4 Å². The van der Waals surface area contributed by atoms with Crippen molar-refractivity contribution in [2.24, 2.45) is 0 Å². The quantitative estimate of drug-likeness (QED) is 0.663. The SMILES string of the molecule is Cc1nc2nc(-c3ccc(O)cc3)cc(C(=O)O)c2[nH]1. The number of aromatic amines is 1. The molecule has 0 amide bonds. The summed E-state index contributed by atoms with van der Waals surface area (Å²) in [6.07, 6.45) is 0. The van der Waals surface area contributed by atoms with E-state index in [1.54, 1.807) is 19.1 Å². The molecule has 6 nitrogen and oxygen atoms in total. The Balaban J connectivity index is 2.26. The van der Waals surface area contributed by atoms with Gasteiger partial charge in [0.1, 0.15) is 11.6 Å². The molecule has 0 aliphatic heterocycles. The van der Waals surface area contributed by atoms with Crippen molar-refractivity contribution in [3.8, 4) is 17.0 Å². The molecular weight excluding hydrogens is 258 g/mol. The number of rotatable bonds is 2. The number of hydrogen-bond donors (Lipinski definition) is 3. The molecule has 2 heterocycles. The fraction of sp³-hybridized carbons (Fsp3) is 0.0714. The van der Waals surface area contributed by atoms with Crippen molar-refractivity contribution in [3.63, 3.8) is 0 Å². The highest BCUT2D eigenvalue weighted by Crippen LogP contribution is 2.25. The van der Waals surface area contributed by atoms with Gasteiger partial charge in [-0.3, -0.25) is 0 Å². The van der Waals surface area contributed by atoms with E-state index in [4.69, 9.17) is 0 Å². The van der Waals surface area contributed by atoms with Crippen LogP contribution >= 0.6 is 0 Å². The first-order valence-electron chi connectivity index (χ1n) is 5.94. The van der Waals surface area contributed by atoms with E-state index in [1.165, 1.54) is 18.2 Å². The Morgan fingerprint density at radius 3 is 2.55 bits per heavy atom. The van der Waals surface area contributed by atoms with Crippen LogP contribution in [0.1, 0.15) is 16.2 Å². The second-order valence-electron chi connectivity index (χ2n) is 4.43. The number of phenolic OH excluding ortho intramolecular Hbond substituents is 1. The third-order valence-corrected chi connectivity index (χ3v) is 2.97. The first-order chi connectivity index (χ1) is 9.54. The van der Waals surface area contributed by atoms with Crippen molar-refractivity contribution in [2.75, 3.05) is 0 Å². The number of aromatic hydroxyl groups is 1. The molecule has 0 radical (unpaired) electrons. The first kappa shape index (κ1) is 12.2. The van der Waals surface area contributed by atoms with Crippen molar-refractivity contribution >= 4 is 17.1 Å². The van der Waals surface area contributed by atoms with E-state index in [2.05, 4.69) is 15.0 Å². The van der Waals surface area contributed by atoms with Crippen LogP contribution in [-0.2, 0) is 0 Å². The minimum atomic E-state index is -1.04. The standard InChI is InChI=1S/C14H11N3O3/c1-7-15-12-10(14(19)20)6-11(17-13(12)16-7)8-2-4-9(18)5-3-8/h2-6,18H,1H3,(H,19,20)(H,15,16,17). The minimum absolute atomic E-state index is 0.124. The van der Waals surface area contributed by atoms with E-state index in [0.29, 0.717) is 28.2 Å². The predicted octanol–water partition coefficient (Wildman–Crippen LogP) is 2.34. The average Bonchev–Trinajstić information content (AvgIpc) is 2.78. The molecule has 3 aromatic rings. The van der Waals surface area contributed by atoms with Gasteiger partial charge in [-0.2, -0.15) is 0 Å². The molecule has 3 N–H and O–H groups in total. The lowest BCUT2D eigenvalue weighted by Gasteiger charge is -2.03. The van der Waals surface area contributed by atoms with Gasteiger partial charge in [-0.05, 0) is 37.3 Å². The third kappa shape index (κ3) is 1.97. The lowest BCUT2D eigenvalue weighted by molar-refractivity contribution is 0.0699. The van der Waals surface area contributed by atoms with Crippen LogP contribution in [0.2, 0.25) is 0 Å². The number of pyridine rings is 1. The fourth-order valence-corrected chi connectivity index (χ4v) is 2.05. The highest BCUT2D eigenvalue weighted by molar-refractivity contribution is 6.01. The number of nitrogens with zero attached hydrogens (tertiary/aromatic N) is 2. The molecule has 6 heteroatoms. The van der Waals surface area contributed by atoms with Gasteiger partial charge in [0.2, 0.25) is 0 Å². The highest BCUT2D eigenvalue weighted by atomic mass is 16.4. The third-order valence-electron chi connectivity index (χ3n) is 2.97. The zero-order valence-corrected chi connectivity index (χ0v) is 10.6. The van der Waals surface area contributed by atoms with Crippen molar-refractivity contribution in [3.05, 3.63) is 41.7 Å². The maximum atomic E-state index is 11.3. The lowest BCUT2D eigenvalue weighted by Crippen LogP contribution is -2.00. The van der Waals surface area contributed by atoms with Crippen molar-refractivity contribution in [1.29, 1.82) is 0 Å². The number of carboxylic acid groups (broad SMARTS) is 1. The summed E-state index contributed by atoms with van der Waals surface area (Å²) < 4.78 is 0. The lowest BCUT2D eigenvalue weighted by atomic mass is 10.1. The van der Waals surface area contributed by atoms with Crippen LogP contribution in [0.5, 0.6) is 5.75 Å². The summed E-state index contributed by atoms with van der Waals surface area (Å²) in [6, 6.07) is 7.90. The smallest absolute Gasteiger partial charge is 0.338 e. The number of aromatic carboxylic acids is 1. The number of benzene rings is 1. The topological polar surface area (TPSA) is 99.1 Å². The van der Waals surface area contributed by atoms with Gasteiger partial charge >= 0.3 is 5.97 Å². The van der Waals surface area contributed by atoms with Gasteiger partial charge in [0.05, 0.1) is 16.8 Å². The van der Waals surface area contributed by atoms with Gasteiger partial charge in [0.15, 0.2) is 5.65 Å². The number of carbonyl (C=O) groups is 1. The van der Waals surface area contributed by atoms with Gasteiger partial charge < -0.3 is 15.2 Å². The summed E-state index contributed by atoms with van der Waals surface area (Å²) >= 11 is 0. The Morgan fingerprint density at radius 1 is 1.20 bits per heavy atom. The number of hydrogen-bond acceptors (Lipinski definition) is 4. The Morgan fingerprint density at radius 2 is 1.90 bits per heavy atom. The molecule has 0 bridgehead atoms. The summed E-state index contributed by atoms with van der Waals surface area (Å²) in [7, 11) is 0. The van der Waals surface area contributed by atoms with E-state index >= 15 is 0 Å².